The van der Waals surface area contributed by atoms with E-state index in [1.165, 1.54) is 17.1 Å². The highest BCUT2D eigenvalue weighted by Crippen LogP contribution is 2.29. The van der Waals surface area contributed by atoms with Gasteiger partial charge in [0.1, 0.15) is 23.5 Å². The van der Waals surface area contributed by atoms with Crippen LogP contribution in [0.15, 0.2) is 35.6 Å². The summed E-state index contributed by atoms with van der Waals surface area (Å²) in [7, 11) is 0. The lowest BCUT2D eigenvalue weighted by molar-refractivity contribution is -0.123. The summed E-state index contributed by atoms with van der Waals surface area (Å²) in [4.78, 5) is 48.2. The van der Waals surface area contributed by atoms with Gasteiger partial charge in [0.15, 0.2) is 5.65 Å². The van der Waals surface area contributed by atoms with Gasteiger partial charge in [-0.05, 0) is 31.0 Å². The third kappa shape index (κ3) is 4.20. The van der Waals surface area contributed by atoms with Gasteiger partial charge in [0.25, 0.3) is 0 Å². The second-order valence-electron chi connectivity index (χ2n) is 8.58. The zero-order valence-electron chi connectivity index (χ0n) is 19.2. The quantitative estimate of drug-likeness (QED) is 0.391. The maximum Gasteiger partial charge on any atom is 0.341 e. The summed E-state index contributed by atoms with van der Waals surface area (Å²) in [6.45, 7) is 5.69. The van der Waals surface area contributed by atoms with Crippen LogP contribution in [0.3, 0.4) is 0 Å². The Morgan fingerprint density at radius 3 is 2.77 bits per heavy atom. The van der Waals surface area contributed by atoms with Crippen LogP contribution in [0, 0.1) is 12.8 Å². The van der Waals surface area contributed by atoms with Crippen molar-refractivity contribution in [1.82, 2.24) is 28.7 Å². The second-order valence-corrected chi connectivity index (χ2v) is 9.34. The number of carboxylic acid groups (broad SMARTS) is 1. The number of hydrogen-bond donors (Lipinski definition) is 1. The Balaban J connectivity index is 1.41. The number of aryl methyl sites for hydroxylation is 2. The molecule has 5 heterocycles. The Morgan fingerprint density at radius 1 is 1.29 bits per heavy atom. The molecule has 1 fully saturated rings. The van der Waals surface area contributed by atoms with Gasteiger partial charge in [-0.3, -0.25) is 18.8 Å². The van der Waals surface area contributed by atoms with Crippen molar-refractivity contribution in [3.8, 4) is 5.13 Å². The summed E-state index contributed by atoms with van der Waals surface area (Å²) in [6, 6.07) is 3.64. The van der Waals surface area contributed by atoms with Crippen molar-refractivity contribution in [2.45, 2.75) is 33.2 Å². The zero-order chi connectivity index (χ0) is 24.7. The van der Waals surface area contributed by atoms with Crippen molar-refractivity contribution >= 4 is 40.1 Å². The average Bonchev–Trinajstić information content (AvgIpc) is 3.45. The van der Waals surface area contributed by atoms with Gasteiger partial charge in [0.2, 0.25) is 10.6 Å². The number of carbonyl (C=O) groups is 2. The van der Waals surface area contributed by atoms with E-state index in [1.54, 1.807) is 13.0 Å². The molecule has 0 unspecified atom stereocenters. The SMILES string of the molecule is CCCn1ccc(CC(=O)C2CN(c3cc(C)c4c(=O)c(C(=O)O)cn(-c5ncns5)c4n3)C2)n1. The first-order valence-electron chi connectivity index (χ1n) is 11.2. The molecule has 180 valence electrons. The third-order valence-electron chi connectivity index (χ3n) is 6.09. The molecule has 1 saturated heterocycles. The van der Waals surface area contributed by atoms with Crippen LogP contribution in [0.5, 0.6) is 0 Å². The molecule has 11 nitrogen and oxygen atoms in total. The lowest BCUT2D eigenvalue weighted by Crippen LogP contribution is -2.51. The van der Waals surface area contributed by atoms with Crippen LogP contribution in [0.25, 0.3) is 16.2 Å². The molecule has 4 aromatic heterocycles. The summed E-state index contributed by atoms with van der Waals surface area (Å²) in [5.41, 5.74) is 0.734. The van der Waals surface area contributed by atoms with Gasteiger partial charge in [0, 0.05) is 43.6 Å². The van der Waals surface area contributed by atoms with Gasteiger partial charge in [-0.1, -0.05) is 6.92 Å². The number of fused-ring (bicyclic) bond motifs is 1. The molecule has 35 heavy (non-hydrogen) atoms. The Labute approximate surface area is 203 Å². The topological polar surface area (TPSA) is 136 Å². The molecule has 1 aliphatic heterocycles. The first kappa shape index (κ1) is 22.8. The highest BCUT2D eigenvalue weighted by molar-refractivity contribution is 7.08. The van der Waals surface area contributed by atoms with Gasteiger partial charge in [0.05, 0.1) is 23.4 Å². The summed E-state index contributed by atoms with van der Waals surface area (Å²) in [5, 5.41) is 14.6. The first-order chi connectivity index (χ1) is 16.9. The van der Waals surface area contributed by atoms with Gasteiger partial charge in [-0.2, -0.15) is 9.47 Å². The fourth-order valence-electron chi connectivity index (χ4n) is 4.25. The smallest absolute Gasteiger partial charge is 0.341 e. The number of aromatic nitrogens is 6. The van der Waals surface area contributed by atoms with E-state index in [2.05, 4.69) is 26.4 Å². The summed E-state index contributed by atoms with van der Waals surface area (Å²) in [6.07, 6.45) is 5.78. The van der Waals surface area contributed by atoms with Crippen molar-refractivity contribution in [1.29, 1.82) is 0 Å². The zero-order valence-corrected chi connectivity index (χ0v) is 20.0. The molecular weight excluding hydrogens is 470 g/mol. The van der Waals surface area contributed by atoms with Crippen molar-refractivity contribution in [2.24, 2.45) is 5.92 Å². The Hall–Kier alpha value is -3.93. The lowest BCUT2D eigenvalue weighted by Gasteiger charge is -2.39. The summed E-state index contributed by atoms with van der Waals surface area (Å²) >= 11 is 1.07. The summed E-state index contributed by atoms with van der Waals surface area (Å²) in [5.74, 6) is -0.685. The molecule has 1 N–H and O–H groups in total. The van der Waals surface area contributed by atoms with E-state index in [9.17, 15) is 19.5 Å². The van der Waals surface area contributed by atoms with Gasteiger partial charge in [-0.25, -0.2) is 14.8 Å². The Kier molecular flexibility index (Phi) is 5.89. The molecule has 0 bridgehead atoms. The van der Waals surface area contributed by atoms with E-state index in [4.69, 9.17) is 0 Å². The molecule has 0 saturated carbocycles. The maximum atomic E-state index is 12.9. The number of rotatable bonds is 8. The molecule has 4 aromatic rings. The highest BCUT2D eigenvalue weighted by atomic mass is 32.1. The van der Waals surface area contributed by atoms with Crippen LogP contribution < -0.4 is 10.3 Å². The number of nitrogens with zero attached hydrogens (tertiary/aromatic N) is 7. The number of Topliss-reactive ketones (excluding diaryl/α,β-unsaturated/α-hetero) is 1. The lowest BCUT2D eigenvalue weighted by atomic mass is 9.92. The van der Waals surface area contributed by atoms with Gasteiger partial charge >= 0.3 is 5.97 Å². The minimum Gasteiger partial charge on any atom is -0.477 e. The number of carboxylic acids is 1. The average molecular weight is 494 g/mol. The van der Waals surface area contributed by atoms with Crippen molar-refractivity contribution in [3.05, 3.63) is 57.9 Å². The fourth-order valence-corrected chi connectivity index (χ4v) is 4.76. The molecule has 5 rings (SSSR count). The fraction of sp³-hybridized carbons (Fsp3) is 0.348. The van der Waals surface area contributed by atoms with Gasteiger partial charge in [-0.15, -0.1) is 0 Å². The molecule has 0 aliphatic carbocycles. The number of ketones is 1. The molecule has 0 atom stereocenters. The van der Waals surface area contributed by atoms with Crippen LogP contribution in [-0.2, 0) is 17.8 Å². The summed E-state index contributed by atoms with van der Waals surface area (Å²) < 4.78 is 7.33. The van der Waals surface area contributed by atoms with Crippen molar-refractivity contribution < 1.29 is 14.7 Å². The van der Waals surface area contributed by atoms with E-state index in [0.717, 1.165) is 30.2 Å². The number of pyridine rings is 2. The number of anilines is 1. The molecule has 12 heteroatoms. The third-order valence-corrected chi connectivity index (χ3v) is 6.76. The van der Waals surface area contributed by atoms with E-state index in [1.807, 2.05) is 21.8 Å². The van der Waals surface area contributed by atoms with Crippen LogP contribution >= 0.6 is 11.5 Å². The van der Waals surface area contributed by atoms with E-state index < -0.39 is 11.4 Å². The molecule has 0 amide bonds. The van der Waals surface area contributed by atoms with Crippen LogP contribution in [-0.4, -0.2) is 58.6 Å². The van der Waals surface area contributed by atoms with Crippen LogP contribution in [0.4, 0.5) is 5.82 Å². The van der Waals surface area contributed by atoms with Crippen molar-refractivity contribution in [2.75, 3.05) is 18.0 Å². The predicted octanol–water partition coefficient (Wildman–Crippen LogP) is 2.10. The van der Waals surface area contributed by atoms with Crippen LogP contribution in [0.2, 0.25) is 0 Å². The molecule has 0 spiro atoms. The number of carbonyl (C=O) groups excluding carboxylic acids is 1. The normalized spacial score (nSPS) is 13.8. The minimum atomic E-state index is -1.32. The van der Waals surface area contributed by atoms with Crippen LogP contribution in [0.1, 0.15) is 35.0 Å². The molecular formula is C23H23N7O4S. The number of aromatic carboxylic acids is 1. The Bertz CT molecular complexity index is 1490. The largest absolute Gasteiger partial charge is 0.477 e. The molecule has 1 aliphatic rings. The first-order valence-corrected chi connectivity index (χ1v) is 12.0. The number of hydrogen-bond acceptors (Lipinski definition) is 9. The monoisotopic (exact) mass is 493 g/mol. The maximum absolute atomic E-state index is 12.9. The predicted molar refractivity (Wildman–Crippen MR) is 129 cm³/mol. The standard InChI is InChI=1S/C23H23N7O4S/c1-3-5-29-6-4-15(27-29)8-17(31)14-9-28(10-14)18-7-13(2)19-20(32)16(22(33)34)11-30(21(19)26-18)23-24-12-25-35-23/h4,6-7,11-12,14H,3,5,8-10H2,1-2H3,(H,33,34). The van der Waals surface area contributed by atoms with Gasteiger partial charge < -0.3 is 10.0 Å². The van der Waals surface area contributed by atoms with E-state index >= 15 is 0 Å². The molecule has 0 aromatic carbocycles. The van der Waals surface area contributed by atoms with E-state index in [-0.39, 0.29) is 22.7 Å². The second kappa shape index (κ2) is 9.02. The minimum absolute atomic E-state index is 0.121. The molecule has 0 radical (unpaired) electrons. The Morgan fingerprint density at radius 2 is 2.09 bits per heavy atom. The van der Waals surface area contributed by atoms with Crippen molar-refractivity contribution in [3.63, 3.8) is 0 Å². The highest BCUT2D eigenvalue weighted by Gasteiger charge is 2.34. The van der Waals surface area contributed by atoms with E-state index in [0.29, 0.717) is 41.7 Å².